The van der Waals surface area contributed by atoms with E-state index in [0.717, 1.165) is 0 Å². The normalized spacial score (nSPS) is 27.0. The molecule has 0 bridgehead atoms. The summed E-state index contributed by atoms with van der Waals surface area (Å²) < 4.78 is 9.90. The Morgan fingerprint density at radius 3 is 3.21 bits per heavy atom. The number of hydrogen-bond donors (Lipinski definition) is 2. The van der Waals surface area contributed by atoms with Gasteiger partial charge in [0, 0.05) is 13.7 Å². The molecule has 2 rings (SSSR count). The second-order valence-electron chi connectivity index (χ2n) is 3.33. The highest BCUT2D eigenvalue weighted by Crippen LogP contribution is 2.21. The predicted octanol–water partition coefficient (Wildman–Crippen LogP) is -0.389. The summed E-state index contributed by atoms with van der Waals surface area (Å²) in [5, 5.41) is 16.1. The lowest BCUT2D eigenvalue weighted by molar-refractivity contribution is 0.174. The van der Waals surface area contributed by atoms with Gasteiger partial charge in [0.15, 0.2) is 5.82 Å². The van der Waals surface area contributed by atoms with E-state index in [1.807, 2.05) is 0 Å². The van der Waals surface area contributed by atoms with Gasteiger partial charge in [-0.15, -0.1) is 0 Å². The topological polar surface area (TPSA) is 80.4 Å². The molecular formula is C8H13N3O3. The van der Waals surface area contributed by atoms with Crippen molar-refractivity contribution in [2.75, 3.05) is 13.7 Å². The number of aliphatic hydroxyl groups excluding tert-OH is 1. The summed E-state index contributed by atoms with van der Waals surface area (Å²) in [6.45, 7) is 0.922. The molecule has 0 spiro atoms. The van der Waals surface area contributed by atoms with E-state index in [1.165, 1.54) is 0 Å². The zero-order chi connectivity index (χ0) is 9.97. The van der Waals surface area contributed by atoms with Crippen LogP contribution in [0.4, 0.5) is 0 Å². The third-order valence-corrected chi connectivity index (χ3v) is 2.16. The van der Waals surface area contributed by atoms with Gasteiger partial charge in [0.25, 0.3) is 0 Å². The Labute approximate surface area is 81.3 Å². The highest BCUT2D eigenvalue weighted by molar-refractivity contribution is 4.96. The molecule has 1 aliphatic heterocycles. The van der Waals surface area contributed by atoms with Gasteiger partial charge in [-0.3, -0.25) is 0 Å². The minimum atomic E-state index is -0.322. The first-order valence-electron chi connectivity index (χ1n) is 4.52. The monoisotopic (exact) mass is 199 g/mol. The maximum atomic E-state index is 9.29. The van der Waals surface area contributed by atoms with Crippen LogP contribution < -0.4 is 5.32 Å². The fourth-order valence-electron chi connectivity index (χ4n) is 1.50. The quantitative estimate of drug-likeness (QED) is 0.690. The number of aromatic nitrogens is 2. The molecule has 14 heavy (non-hydrogen) atoms. The Kier molecular flexibility index (Phi) is 2.76. The largest absolute Gasteiger partial charge is 0.392 e. The summed E-state index contributed by atoms with van der Waals surface area (Å²) in [7, 11) is 1.58. The summed E-state index contributed by atoms with van der Waals surface area (Å²) in [5.74, 6) is 1.05. The highest BCUT2D eigenvalue weighted by Gasteiger charge is 2.27. The Hall–Kier alpha value is -0.980. The van der Waals surface area contributed by atoms with E-state index in [2.05, 4.69) is 15.5 Å². The van der Waals surface area contributed by atoms with Crippen molar-refractivity contribution in [1.29, 1.82) is 0 Å². The van der Waals surface area contributed by atoms with Crippen LogP contribution in [-0.4, -0.2) is 35.0 Å². The van der Waals surface area contributed by atoms with Crippen LogP contribution in [0.25, 0.3) is 0 Å². The zero-order valence-electron chi connectivity index (χ0n) is 7.93. The maximum Gasteiger partial charge on any atom is 0.243 e. The van der Waals surface area contributed by atoms with Gasteiger partial charge in [0.2, 0.25) is 5.89 Å². The average molecular weight is 199 g/mol. The second kappa shape index (κ2) is 4.04. The van der Waals surface area contributed by atoms with E-state index in [4.69, 9.17) is 9.26 Å². The number of aliphatic hydroxyl groups is 1. The predicted molar refractivity (Wildman–Crippen MR) is 46.4 cm³/mol. The van der Waals surface area contributed by atoms with Crippen LogP contribution in [0.2, 0.25) is 0 Å². The van der Waals surface area contributed by atoms with Gasteiger partial charge >= 0.3 is 0 Å². The zero-order valence-corrected chi connectivity index (χ0v) is 7.93. The van der Waals surface area contributed by atoms with Gasteiger partial charge in [-0.05, 0) is 6.42 Å². The first-order chi connectivity index (χ1) is 6.79. The Morgan fingerprint density at radius 1 is 1.71 bits per heavy atom. The summed E-state index contributed by atoms with van der Waals surface area (Å²) in [6.07, 6.45) is 0.298. The van der Waals surface area contributed by atoms with Gasteiger partial charge in [-0.1, -0.05) is 5.16 Å². The highest BCUT2D eigenvalue weighted by atomic mass is 16.5. The summed E-state index contributed by atoms with van der Waals surface area (Å²) in [6, 6.07) is -0.0249. The van der Waals surface area contributed by atoms with Crippen molar-refractivity contribution < 1.29 is 14.4 Å². The van der Waals surface area contributed by atoms with E-state index < -0.39 is 0 Å². The molecule has 6 heteroatoms. The van der Waals surface area contributed by atoms with E-state index in [1.54, 1.807) is 7.11 Å². The molecule has 1 saturated heterocycles. The van der Waals surface area contributed by atoms with Gasteiger partial charge in [0.05, 0.1) is 12.1 Å². The third-order valence-electron chi connectivity index (χ3n) is 2.16. The molecule has 2 N–H and O–H groups in total. The first-order valence-corrected chi connectivity index (χ1v) is 4.52. The van der Waals surface area contributed by atoms with Crippen LogP contribution in [-0.2, 0) is 11.3 Å². The molecule has 0 radical (unpaired) electrons. The number of nitrogens with zero attached hydrogens (tertiary/aromatic N) is 2. The van der Waals surface area contributed by atoms with Crippen LogP contribution in [0, 0.1) is 0 Å². The summed E-state index contributed by atoms with van der Waals surface area (Å²) in [5.41, 5.74) is 0. The number of hydrogen-bond acceptors (Lipinski definition) is 6. The lowest BCUT2D eigenvalue weighted by Crippen LogP contribution is -2.15. The van der Waals surface area contributed by atoms with Gasteiger partial charge in [-0.25, -0.2) is 0 Å². The Bertz CT molecular complexity index is 302. The molecule has 1 fully saturated rings. The molecule has 1 aliphatic rings. The smallest absolute Gasteiger partial charge is 0.243 e. The first kappa shape index (κ1) is 9.57. The molecule has 0 aromatic carbocycles. The van der Waals surface area contributed by atoms with Crippen LogP contribution in [0.1, 0.15) is 24.2 Å². The van der Waals surface area contributed by atoms with Crippen molar-refractivity contribution in [1.82, 2.24) is 15.5 Å². The number of rotatable bonds is 3. The summed E-state index contributed by atoms with van der Waals surface area (Å²) >= 11 is 0. The van der Waals surface area contributed by atoms with E-state index in [0.29, 0.717) is 31.3 Å². The van der Waals surface area contributed by atoms with Crippen molar-refractivity contribution in [2.24, 2.45) is 0 Å². The van der Waals surface area contributed by atoms with E-state index >= 15 is 0 Å². The fourth-order valence-corrected chi connectivity index (χ4v) is 1.50. The van der Waals surface area contributed by atoms with Crippen LogP contribution in [0.15, 0.2) is 4.52 Å². The standard InChI is InChI=1S/C8H13N3O3/c1-13-4-7-10-8(14-11-7)6-2-5(12)3-9-6/h5-6,9,12H,2-4H2,1H3/t5-,6+/m1/s1. The molecule has 6 nitrogen and oxygen atoms in total. The van der Waals surface area contributed by atoms with Crippen molar-refractivity contribution in [2.45, 2.75) is 25.2 Å². The van der Waals surface area contributed by atoms with Crippen LogP contribution in [0.3, 0.4) is 0 Å². The molecule has 78 valence electrons. The van der Waals surface area contributed by atoms with Crippen molar-refractivity contribution >= 4 is 0 Å². The minimum Gasteiger partial charge on any atom is -0.392 e. The van der Waals surface area contributed by atoms with Crippen molar-refractivity contribution in [3.8, 4) is 0 Å². The van der Waals surface area contributed by atoms with Gasteiger partial charge in [0.1, 0.15) is 6.61 Å². The van der Waals surface area contributed by atoms with E-state index in [9.17, 15) is 5.11 Å². The van der Waals surface area contributed by atoms with Gasteiger partial charge in [-0.2, -0.15) is 4.98 Å². The Morgan fingerprint density at radius 2 is 2.57 bits per heavy atom. The third kappa shape index (κ3) is 1.92. The molecular weight excluding hydrogens is 186 g/mol. The number of β-amino-alcohol motifs (C(OH)–C–C–N with tert-alkyl or cyclic N) is 1. The number of methoxy groups -OCH3 is 1. The molecule has 1 aromatic heterocycles. The Balaban J connectivity index is 2.02. The van der Waals surface area contributed by atoms with E-state index in [-0.39, 0.29) is 12.1 Å². The molecule has 1 aromatic rings. The average Bonchev–Trinajstić information content (AvgIpc) is 2.74. The van der Waals surface area contributed by atoms with Crippen LogP contribution in [0.5, 0.6) is 0 Å². The number of ether oxygens (including phenoxy) is 1. The minimum absolute atomic E-state index is 0.0249. The van der Waals surface area contributed by atoms with Crippen molar-refractivity contribution in [3.63, 3.8) is 0 Å². The lowest BCUT2D eigenvalue weighted by Gasteiger charge is -2.01. The molecule has 2 heterocycles. The fraction of sp³-hybridized carbons (Fsp3) is 0.750. The summed E-state index contributed by atoms with van der Waals surface area (Å²) in [4.78, 5) is 4.14. The lowest BCUT2D eigenvalue weighted by atomic mass is 10.2. The van der Waals surface area contributed by atoms with Gasteiger partial charge < -0.3 is 19.7 Å². The SMILES string of the molecule is COCc1noc([C@@H]2C[C@@H](O)CN2)n1. The second-order valence-corrected chi connectivity index (χ2v) is 3.33. The maximum absolute atomic E-state index is 9.29. The molecule has 2 atom stereocenters. The number of nitrogens with one attached hydrogen (secondary N) is 1. The molecule has 0 saturated carbocycles. The van der Waals surface area contributed by atoms with Crippen molar-refractivity contribution in [3.05, 3.63) is 11.7 Å². The molecule has 0 aliphatic carbocycles. The molecule has 0 amide bonds. The van der Waals surface area contributed by atoms with Crippen LogP contribution >= 0.6 is 0 Å². The molecule has 0 unspecified atom stereocenters.